The summed E-state index contributed by atoms with van der Waals surface area (Å²) in [4.78, 5) is 18.5. The number of rotatable bonds is 2. The second-order valence-electron chi connectivity index (χ2n) is 4.69. The summed E-state index contributed by atoms with van der Waals surface area (Å²) >= 11 is 0. The van der Waals surface area contributed by atoms with Gasteiger partial charge in [0, 0.05) is 30.6 Å². The highest BCUT2D eigenvalue weighted by Gasteiger charge is 2.30. The maximum absolute atomic E-state index is 12.3. The topological polar surface area (TPSA) is 59.2 Å². The highest BCUT2D eigenvalue weighted by Crippen LogP contribution is 2.22. The van der Waals surface area contributed by atoms with E-state index in [9.17, 15) is 4.79 Å². The number of carbonyl (C=O) groups is 1. The molecule has 4 nitrogen and oxygen atoms in total. The summed E-state index contributed by atoms with van der Waals surface area (Å²) in [5.74, 6) is 0.515. The van der Waals surface area contributed by atoms with Crippen LogP contribution in [0.5, 0.6) is 0 Å². The number of amides is 1. The van der Waals surface area contributed by atoms with Gasteiger partial charge in [-0.1, -0.05) is 18.2 Å². The van der Waals surface area contributed by atoms with E-state index in [1.54, 1.807) is 6.20 Å². The number of benzene rings is 1. The van der Waals surface area contributed by atoms with Crippen LogP contribution in [0.15, 0.2) is 36.5 Å². The van der Waals surface area contributed by atoms with Crippen molar-refractivity contribution in [3.8, 4) is 0 Å². The van der Waals surface area contributed by atoms with E-state index >= 15 is 0 Å². The molecule has 4 heteroatoms. The smallest absolute Gasteiger partial charge is 0.256 e. The second kappa shape index (κ2) is 4.38. The normalized spacial score (nSPS) is 15.7. The van der Waals surface area contributed by atoms with Gasteiger partial charge >= 0.3 is 0 Å². The molecule has 2 heterocycles. The van der Waals surface area contributed by atoms with E-state index in [-0.39, 0.29) is 5.91 Å². The number of nitrogens with zero attached hydrogens (tertiary/aromatic N) is 2. The van der Waals surface area contributed by atoms with Crippen molar-refractivity contribution in [3.05, 3.63) is 42.1 Å². The third kappa shape index (κ3) is 1.75. The number of para-hydroxylation sites is 1. The predicted octanol–water partition coefficient (Wildman–Crippen LogP) is 1.27. The number of carbonyl (C=O) groups excluding carboxylic acids is 1. The Morgan fingerprint density at radius 3 is 2.89 bits per heavy atom. The zero-order valence-corrected chi connectivity index (χ0v) is 10.0. The summed E-state index contributed by atoms with van der Waals surface area (Å²) in [7, 11) is 0. The maximum atomic E-state index is 12.3. The van der Waals surface area contributed by atoms with Gasteiger partial charge < -0.3 is 10.6 Å². The van der Waals surface area contributed by atoms with Crippen molar-refractivity contribution in [2.24, 2.45) is 11.7 Å². The largest absolute Gasteiger partial charge is 0.338 e. The number of fused-ring (bicyclic) bond motifs is 1. The highest BCUT2D eigenvalue weighted by molar-refractivity contribution is 6.05. The lowest BCUT2D eigenvalue weighted by atomic mass is 9.98. The van der Waals surface area contributed by atoms with Crippen molar-refractivity contribution in [1.29, 1.82) is 0 Å². The van der Waals surface area contributed by atoms with E-state index in [0.717, 1.165) is 24.0 Å². The lowest BCUT2D eigenvalue weighted by molar-refractivity contribution is 0.0517. The van der Waals surface area contributed by atoms with E-state index in [1.165, 1.54) is 0 Å². The molecule has 1 aliphatic heterocycles. The van der Waals surface area contributed by atoms with Crippen LogP contribution >= 0.6 is 0 Å². The Kier molecular flexibility index (Phi) is 2.72. The zero-order chi connectivity index (χ0) is 12.5. The number of aromatic nitrogens is 1. The molecule has 0 atom stereocenters. The van der Waals surface area contributed by atoms with Crippen molar-refractivity contribution in [2.45, 2.75) is 0 Å². The van der Waals surface area contributed by atoms with Crippen LogP contribution < -0.4 is 5.73 Å². The van der Waals surface area contributed by atoms with E-state index in [2.05, 4.69) is 4.98 Å². The van der Waals surface area contributed by atoms with Gasteiger partial charge in [-0.25, -0.2) is 0 Å². The molecule has 1 amide bonds. The minimum Gasteiger partial charge on any atom is -0.338 e. The van der Waals surface area contributed by atoms with E-state index in [4.69, 9.17) is 5.73 Å². The molecule has 1 aromatic carbocycles. The van der Waals surface area contributed by atoms with Crippen molar-refractivity contribution in [3.63, 3.8) is 0 Å². The van der Waals surface area contributed by atoms with Crippen LogP contribution in [0.2, 0.25) is 0 Å². The molecule has 1 aliphatic rings. The molecule has 0 bridgehead atoms. The van der Waals surface area contributed by atoms with Crippen LogP contribution in [0, 0.1) is 5.92 Å². The molecule has 0 aliphatic carbocycles. The van der Waals surface area contributed by atoms with Crippen molar-refractivity contribution in [2.75, 3.05) is 19.6 Å². The van der Waals surface area contributed by atoms with Crippen LogP contribution in [0.25, 0.3) is 10.9 Å². The quantitative estimate of drug-likeness (QED) is 0.861. The van der Waals surface area contributed by atoms with Crippen LogP contribution in [0.4, 0.5) is 0 Å². The summed E-state index contributed by atoms with van der Waals surface area (Å²) in [5.41, 5.74) is 7.04. The SMILES string of the molecule is NCC1CN(C(=O)c2cccc3cccnc23)C1. The van der Waals surface area contributed by atoms with Gasteiger partial charge in [0.1, 0.15) is 0 Å². The van der Waals surface area contributed by atoms with Crippen LogP contribution in [-0.2, 0) is 0 Å². The Morgan fingerprint density at radius 2 is 2.11 bits per heavy atom. The first-order valence-corrected chi connectivity index (χ1v) is 6.12. The minimum atomic E-state index is 0.0593. The van der Waals surface area contributed by atoms with Crippen molar-refractivity contribution in [1.82, 2.24) is 9.88 Å². The Hall–Kier alpha value is -1.94. The first kappa shape index (κ1) is 11.2. The molecular weight excluding hydrogens is 226 g/mol. The fraction of sp³-hybridized carbons (Fsp3) is 0.286. The highest BCUT2D eigenvalue weighted by atomic mass is 16.2. The van der Waals surface area contributed by atoms with Gasteiger partial charge in [-0.2, -0.15) is 0 Å². The molecule has 1 saturated heterocycles. The second-order valence-corrected chi connectivity index (χ2v) is 4.69. The summed E-state index contributed by atoms with van der Waals surface area (Å²) in [6, 6.07) is 9.56. The molecule has 92 valence electrons. The lowest BCUT2D eigenvalue weighted by Gasteiger charge is -2.38. The molecule has 1 fully saturated rings. The Morgan fingerprint density at radius 1 is 1.33 bits per heavy atom. The number of hydrogen-bond donors (Lipinski definition) is 1. The molecule has 1 aromatic heterocycles. The maximum Gasteiger partial charge on any atom is 0.256 e. The van der Waals surface area contributed by atoms with Gasteiger partial charge in [0.2, 0.25) is 0 Å². The molecule has 0 spiro atoms. The molecular formula is C14H15N3O. The van der Waals surface area contributed by atoms with Gasteiger partial charge in [-0.3, -0.25) is 9.78 Å². The molecule has 18 heavy (non-hydrogen) atoms. The van der Waals surface area contributed by atoms with Crippen molar-refractivity contribution < 1.29 is 4.79 Å². The minimum absolute atomic E-state index is 0.0593. The number of pyridine rings is 1. The molecule has 0 radical (unpaired) electrons. The molecule has 3 rings (SSSR count). The molecule has 0 saturated carbocycles. The first-order valence-electron chi connectivity index (χ1n) is 6.12. The van der Waals surface area contributed by atoms with Gasteiger partial charge in [0.25, 0.3) is 5.91 Å². The van der Waals surface area contributed by atoms with E-state index in [0.29, 0.717) is 18.0 Å². The van der Waals surface area contributed by atoms with Crippen LogP contribution in [-0.4, -0.2) is 35.4 Å². The average molecular weight is 241 g/mol. The predicted molar refractivity (Wildman–Crippen MR) is 70.2 cm³/mol. The zero-order valence-electron chi connectivity index (χ0n) is 10.0. The van der Waals surface area contributed by atoms with Gasteiger partial charge in [-0.15, -0.1) is 0 Å². The fourth-order valence-electron chi connectivity index (χ4n) is 2.33. The van der Waals surface area contributed by atoms with Crippen molar-refractivity contribution >= 4 is 16.8 Å². The van der Waals surface area contributed by atoms with Crippen LogP contribution in [0.3, 0.4) is 0 Å². The monoisotopic (exact) mass is 241 g/mol. The average Bonchev–Trinajstić information content (AvgIpc) is 2.36. The molecule has 2 N–H and O–H groups in total. The van der Waals surface area contributed by atoms with Crippen LogP contribution in [0.1, 0.15) is 10.4 Å². The Labute approximate surface area is 105 Å². The summed E-state index contributed by atoms with van der Waals surface area (Å²) in [5, 5.41) is 0.999. The molecule has 2 aromatic rings. The lowest BCUT2D eigenvalue weighted by Crippen LogP contribution is -2.52. The standard InChI is InChI=1S/C14H15N3O/c15-7-10-8-17(9-10)14(18)12-5-1-3-11-4-2-6-16-13(11)12/h1-6,10H,7-9,15H2. The summed E-state index contributed by atoms with van der Waals surface area (Å²) < 4.78 is 0. The summed E-state index contributed by atoms with van der Waals surface area (Å²) in [6.45, 7) is 2.18. The van der Waals surface area contributed by atoms with E-state index in [1.807, 2.05) is 35.2 Å². The first-order chi connectivity index (χ1) is 8.79. The number of likely N-dealkylation sites (tertiary alicyclic amines) is 1. The summed E-state index contributed by atoms with van der Waals surface area (Å²) in [6.07, 6.45) is 1.72. The van der Waals surface area contributed by atoms with Gasteiger partial charge in [0.15, 0.2) is 0 Å². The Balaban J connectivity index is 1.93. The Bertz CT molecular complexity index is 585. The number of nitrogens with two attached hydrogens (primary N) is 1. The molecule has 0 unspecified atom stereocenters. The fourth-order valence-corrected chi connectivity index (χ4v) is 2.33. The number of hydrogen-bond acceptors (Lipinski definition) is 3. The van der Waals surface area contributed by atoms with E-state index < -0.39 is 0 Å². The van der Waals surface area contributed by atoms with Gasteiger partial charge in [0.05, 0.1) is 11.1 Å². The third-order valence-corrected chi connectivity index (χ3v) is 3.44. The third-order valence-electron chi connectivity index (χ3n) is 3.44. The van der Waals surface area contributed by atoms with Gasteiger partial charge in [-0.05, 0) is 18.7 Å².